The van der Waals surface area contributed by atoms with Gasteiger partial charge in [-0.2, -0.15) is 0 Å². The number of hydrogen-bond donors (Lipinski definition) is 0. The maximum atomic E-state index is 13.6. The van der Waals surface area contributed by atoms with E-state index in [1.54, 1.807) is 0 Å². The smallest absolute Gasteiger partial charge is 0.314 e. The summed E-state index contributed by atoms with van der Waals surface area (Å²) in [5.41, 5.74) is 2.70. The molecule has 0 radical (unpaired) electrons. The Hall–Kier alpha value is -2.82. The Morgan fingerprint density at radius 1 is 0.446 bits per heavy atom. The van der Waals surface area contributed by atoms with Gasteiger partial charge in [-0.15, -0.1) is 0 Å². The van der Waals surface area contributed by atoms with Crippen LogP contribution in [0.3, 0.4) is 0 Å². The molecule has 74 heavy (non-hydrogen) atoms. The monoisotopic (exact) mass is 1020 g/mol. The van der Waals surface area contributed by atoms with Gasteiger partial charge in [0.15, 0.2) is 6.29 Å². The second-order valence-electron chi connectivity index (χ2n) is 24.2. The van der Waals surface area contributed by atoms with Crippen LogP contribution in [-0.2, 0) is 33.3 Å². The van der Waals surface area contributed by atoms with E-state index < -0.39 is 0 Å². The van der Waals surface area contributed by atoms with Gasteiger partial charge in [-0.3, -0.25) is 9.59 Å². The number of rotatable bonds is 27. The summed E-state index contributed by atoms with van der Waals surface area (Å²) in [7, 11) is 0. The van der Waals surface area contributed by atoms with Gasteiger partial charge >= 0.3 is 11.9 Å². The predicted octanol–water partition coefficient (Wildman–Crippen LogP) is 16.2. The highest BCUT2D eigenvalue weighted by Crippen LogP contribution is 2.48. The third-order valence-corrected chi connectivity index (χ3v) is 18.7. The largest absolute Gasteiger partial charge is 0.426 e. The minimum Gasteiger partial charge on any atom is -0.426 e. The summed E-state index contributed by atoms with van der Waals surface area (Å²) in [6, 6.07) is 17.4. The fourth-order valence-electron chi connectivity index (χ4n) is 14.2. The number of esters is 2. The van der Waals surface area contributed by atoms with Crippen molar-refractivity contribution >= 4 is 11.9 Å². The average Bonchev–Trinajstić information content (AvgIpc) is 3.44. The van der Waals surface area contributed by atoms with Crippen molar-refractivity contribution in [1.29, 1.82) is 0 Å². The first-order valence-corrected chi connectivity index (χ1v) is 31.1. The van der Waals surface area contributed by atoms with Crippen LogP contribution in [-0.4, -0.2) is 69.6 Å². The standard InChI is InChI=1S/C65H100O9/c1-3-12-48-17-21-50(22-18-48)46-61(52-25-37-59(38-26-52)73-64(66)54-29-33-57(34-30-54)69-43-10-42-68-56-14-6-5-7-15-56)62(47-51-23-19-49(13-4-2)20-24-51)53-27-39-60(40-28-53)74-65(67)55-31-35-58(36-32-55)70-44-11-45-72-63-16-8-9-41-71-63/h25-28,37-40,48-51,54-58,61-63H,3-24,29-36,41-47H2,1-2H3. The average molecular weight is 1030 g/mol. The lowest BCUT2D eigenvalue weighted by molar-refractivity contribution is -0.164. The highest BCUT2D eigenvalue weighted by atomic mass is 16.7. The van der Waals surface area contributed by atoms with Crippen molar-refractivity contribution in [2.75, 3.05) is 33.0 Å². The molecule has 3 unspecified atom stereocenters. The van der Waals surface area contributed by atoms with Crippen LogP contribution in [0, 0.1) is 35.5 Å². The van der Waals surface area contributed by atoms with E-state index in [0.717, 1.165) is 109 Å². The molecule has 2 aromatic carbocycles. The van der Waals surface area contributed by atoms with Gasteiger partial charge in [-0.25, -0.2) is 0 Å². The third kappa shape index (κ3) is 18.7. The number of carbonyl (C=O) groups excluding carboxylic acids is 2. The van der Waals surface area contributed by atoms with E-state index in [2.05, 4.69) is 62.4 Å². The summed E-state index contributed by atoms with van der Waals surface area (Å²) in [5, 5.41) is 0. The van der Waals surface area contributed by atoms with Crippen molar-refractivity contribution in [3.8, 4) is 11.5 Å². The van der Waals surface area contributed by atoms with Gasteiger partial charge in [0, 0.05) is 26.4 Å². The van der Waals surface area contributed by atoms with E-state index in [-0.39, 0.29) is 42.3 Å². The molecule has 2 aromatic rings. The zero-order chi connectivity index (χ0) is 51.2. The molecule has 0 spiro atoms. The first-order chi connectivity index (χ1) is 36.4. The second-order valence-corrected chi connectivity index (χ2v) is 24.2. The Morgan fingerprint density at radius 2 is 0.838 bits per heavy atom. The Balaban J connectivity index is 0.875. The molecule has 6 fully saturated rings. The Kier molecular flexibility index (Phi) is 24.5. The summed E-state index contributed by atoms with van der Waals surface area (Å²) in [5.74, 6) is 4.68. The summed E-state index contributed by atoms with van der Waals surface area (Å²) in [6.07, 6.45) is 37.2. The minimum absolute atomic E-state index is 0.0530. The molecule has 1 saturated heterocycles. The fraction of sp³-hybridized carbons (Fsp3) is 0.785. The summed E-state index contributed by atoms with van der Waals surface area (Å²) >= 11 is 0. The molecule has 1 heterocycles. The quantitative estimate of drug-likeness (QED) is 0.0492. The second kappa shape index (κ2) is 31.5. The molecule has 414 valence electrons. The Labute approximate surface area is 448 Å². The SMILES string of the molecule is CCCC1CCC(CC(c2ccc(OC(=O)C3CCC(OCCCOC4CCCCC4)CC3)cc2)C(CC2CCC(CCC)CC2)c2ccc(OC(=O)C3CCC(OCCCOC4CCCCO4)CC3)cc2)CC1. The van der Waals surface area contributed by atoms with Crippen molar-refractivity contribution in [2.45, 2.75) is 256 Å². The molecule has 0 aromatic heterocycles. The van der Waals surface area contributed by atoms with Gasteiger partial charge in [-0.05, 0) is 180 Å². The van der Waals surface area contributed by atoms with E-state index in [1.165, 1.54) is 140 Å². The van der Waals surface area contributed by atoms with Gasteiger partial charge in [0.1, 0.15) is 11.5 Å². The van der Waals surface area contributed by atoms with Crippen molar-refractivity contribution in [3.05, 3.63) is 59.7 Å². The molecule has 0 amide bonds. The van der Waals surface area contributed by atoms with Crippen molar-refractivity contribution in [1.82, 2.24) is 0 Å². The zero-order valence-electron chi connectivity index (χ0n) is 46.4. The fourth-order valence-corrected chi connectivity index (χ4v) is 14.2. The van der Waals surface area contributed by atoms with E-state index in [1.807, 2.05) is 0 Å². The molecule has 0 bridgehead atoms. The lowest BCUT2D eigenvalue weighted by Gasteiger charge is -2.37. The predicted molar refractivity (Wildman–Crippen MR) is 295 cm³/mol. The lowest BCUT2D eigenvalue weighted by atomic mass is 9.67. The highest BCUT2D eigenvalue weighted by molar-refractivity contribution is 5.75. The molecule has 1 aliphatic heterocycles. The van der Waals surface area contributed by atoms with Crippen LogP contribution < -0.4 is 9.47 Å². The van der Waals surface area contributed by atoms with Crippen molar-refractivity contribution in [2.24, 2.45) is 35.5 Å². The number of hydrogen-bond acceptors (Lipinski definition) is 9. The van der Waals surface area contributed by atoms with Crippen LogP contribution in [0.1, 0.15) is 242 Å². The first kappa shape index (κ1) is 57.4. The molecule has 9 heteroatoms. The van der Waals surface area contributed by atoms with Crippen LogP contribution >= 0.6 is 0 Å². The maximum absolute atomic E-state index is 13.6. The molecular formula is C65H100O9. The van der Waals surface area contributed by atoms with E-state index in [9.17, 15) is 9.59 Å². The minimum atomic E-state index is -0.113. The van der Waals surface area contributed by atoms with Crippen LogP contribution in [0.4, 0.5) is 0 Å². The first-order valence-electron chi connectivity index (χ1n) is 31.1. The molecule has 5 aliphatic carbocycles. The van der Waals surface area contributed by atoms with Crippen LogP contribution in [0.15, 0.2) is 48.5 Å². The van der Waals surface area contributed by atoms with Crippen LogP contribution in [0.5, 0.6) is 11.5 Å². The van der Waals surface area contributed by atoms with Gasteiger partial charge in [-0.1, -0.05) is 134 Å². The maximum Gasteiger partial charge on any atom is 0.314 e. The van der Waals surface area contributed by atoms with E-state index in [0.29, 0.717) is 54.5 Å². The summed E-state index contributed by atoms with van der Waals surface area (Å²) in [4.78, 5) is 27.2. The van der Waals surface area contributed by atoms with Crippen molar-refractivity contribution in [3.63, 3.8) is 0 Å². The number of ether oxygens (including phenoxy) is 7. The molecule has 9 nitrogen and oxygen atoms in total. The van der Waals surface area contributed by atoms with Gasteiger partial charge in [0.2, 0.25) is 0 Å². The lowest BCUT2D eigenvalue weighted by Crippen LogP contribution is -2.29. The highest BCUT2D eigenvalue weighted by Gasteiger charge is 2.35. The zero-order valence-corrected chi connectivity index (χ0v) is 46.4. The van der Waals surface area contributed by atoms with Crippen molar-refractivity contribution < 1.29 is 42.7 Å². The molecule has 0 N–H and O–H groups in total. The molecule has 5 saturated carbocycles. The molecule has 8 rings (SSSR count). The number of carbonyl (C=O) groups is 2. The Bertz CT molecular complexity index is 1700. The van der Waals surface area contributed by atoms with Crippen LogP contribution in [0.2, 0.25) is 0 Å². The summed E-state index contributed by atoms with van der Waals surface area (Å²) in [6.45, 7) is 8.32. The number of benzene rings is 2. The van der Waals surface area contributed by atoms with E-state index >= 15 is 0 Å². The van der Waals surface area contributed by atoms with Gasteiger partial charge in [0.05, 0.1) is 36.8 Å². The topological polar surface area (TPSA) is 98.8 Å². The van der Waals surface area contributed by atoms with Gasteiger partial charge in [0.25, 0.3) is 0 Å². The summed E-state index contributed by atoms with van der Waals surface area (Å²) < 4.78 is 42.5. The van der Waals surface area contributed by atoms with E-state index in [4.69, 9.17) is 33.2 Å². The Morgan fingerprint density at radius 3 is 1.24 bits per heavy atom. The molecule has 6 aliphatic rings. The van der Waals surface area contributed by atoms with Gasteiger partial charge < -0.3 is 33.2 Å². The van der Waals surface area contributed by atoms with Crippen LogP contribution in [0.25, 0.3) is 0 Å². The third-order valence-electron chi connectivity index (χ3n) is 18.7. The molecular weight excluding hydrogens is 925 g/mol. The molecule has 3 atom stereocenters. The normalized spacial score (nSPS) is 29.0.